The Morgan fingerprint density at radius 3 is 2.44 bits per heavy atom. The van der Waals surface area contributed by atoms with Crippen LogP contribution in [0.2, 0.25) is 0 Å². The topological polar surface area (TPSA) is 61.8 Å². The van der Waals surface area contributed by atoms with E-state index in [9.17, 15) is 9.90 Å². The third-order valence-electron chi connectivity index (χ3n) is 3.75. The fourth-order valence-corrected chi connectivity index (χ4v) is 2.46. The minimum absolute atomic E-state index is 0.104. The standard InChI is InChI=1S/C13H26N2O3/c1-4-15(5-2)8-7-14-13(12(16)17)9-11(10-13)18-6-3/h11,14H,4-10H2,1-3H3,(H,16,17). The molecule has 1 rings (SSSR count). The van der Waals surface area contributed by atoms with Gasteiger partial charge in [0.25, 0.3) is 0 Å². The largest absolute Gasteiger partial charge is 0.480 e. The van der Waals surface area contributed by atoms with Gasteiger partial charge in [-0.3, -0.25) is 4.79 Å². The minimum atomic E-state index is -0.757. The van der Waals surface area contributed by atoms with E-state index in [2.05, 4.69) is 24.1 Å². The van der Waals surface area contributed by atoms with Crippen LogP contribution in [0.5, 0.6) is 0 Å². The van der Waals surface area contributed by atoms with Crippen LogP contribution in [0.3, 0.4) is 0 Å². The molecule has 0 aromatic rings. The summed E-state index contributed by atoms with van der Waals surface area (Å²) in [5.74, 6) is -0.752. The first kappa shape index (κ1) is 15.4. The third kappa shape index (κ3) is 3.67. The van der Waals surface area contributed by atoms with Crippen molar-refractivity contribution in [2.24, 2.45) is 0 Å². The second-order valence-corrected chi connectivity index (χ2v) is 4.83. The first-order valence-corrected chi connectivity index (χ1v) is 6.90. The van der Waals surface area contributed by atoms with Crippen LogP contribution in [0.4, 0.5) is 0 Å². The zero-order valence-corrected chi connectivity index (χ0v) is 11.7. The number of carbonyl (C=O) groups is 1. The number of hydrogen-bond donors (Lipinski definition) is 2. The van der Waals surface area contributed by atoms with Gasteiger partial charge in [0, 0.05) is 32.5 Å². The molecule has 1 fully saturated rings. The number of nitrogens with one attached hydrogen (secondary N) is 1. The number of rotatable bonds is 9. The average Bonchev–Trinajstić information content (AvgIpc) is 2.30. The predicted octanol–water partition coefficient (Wildman–Crippen LogP) is 0.940. The third-order valence-corrected chi connectivity index (χ3v) is 3.75. The summed E-state index contributed by atoms with van der Waals surface area (Å²) in [5.41, 5.74) is -0.757. The Balaban J connectivity index is 2.35. The van der Waals surface area contributed by atoms with Gasteiger partial charge < -0.3 is 20.1 Å². The normalized spacial score (nSPS) is 27.2. The van der Waals surface area contributed by atoms with Gasteiger partial charge in [0.2, 0.25) is 0 Å². The van der Waals surface area contributed by atoms with Crippen molar-refractivity contribution >= 4 is 5.97 Å². The Bertz CT molecular complexity index is 261. The summed E-state index contributed by atoms with van der Waals surface area (Å²) in [6.45, 7) is 10.4. The summed E-state index contributed by atoms with van der Waals surface area (Å²) in [5, 5.41) is 12.5. The van der Waals surface area contributed by atoms with Crippen LogP contribution in [0, 0.1) is 0 Å². The number of carboxylic acid groups (broad SMARTS) is 1. The Morgan fingerprint density at radius 2 is 2.00 bits per heavy atom. The van der Waals surface area contributed by atoms with E-state index in [-0.39, 0.29) is 6.10 Å². The van der Waals surface area contributed by atoms with Gasteiger partial charge in [0.15, 0.2) is 0 Å². The maximum Gasteiger partial charge on any atom is 0.324 e. The molecule has 5 nitrogen and oxygen atoms in total. The van der Waals surface area contributed by atoms with Crippen LogP contribution in [0.25, 0.3) is 0 Å². The lowest BCUT2D eigenvalue weighted by molar-refractivity contribution is -0.157. The highest BCUT2D eigenvalue weighted by molar-refractivity contribution is 5.80. The molecule has 0 spiro atoms. The second-order valence-electron chi connectivity index (χ2n) is 4.83. The molecule has 0 unspecified atom stereocenters. The lowest BCUT2D eigenvalue weighted by atomic mass is 9.74. The van der Waals surface area contributed by atoms with E-state index < -0.39 is 11.5 Å². The quantitative estimate of drug-likeness (QED) is 0.644. The zero-order chi connectivity index (χ0) is 13.6. The number of likely N-dealkylation sites (N-methyl/N-ethyl adjacent to an activating group) is 1. The van der Waals surface area contributed by atoms with Crippen LogP contribution < -0.4 is 5.32 Å². The molecule has 0 aliphatic heterocycles. The SMILES string of the molecule is CCOC1CC(NCCN(CC)CC)(C(=O)O)C1. The van der Waals surface area contributed by atoms with E-state index in [1.165, 1.54) is 0 Å². The van der Waals surface area contributed by atoms with E-state index in [4.69, 9.17) is 4.74 Å². The van der Waals surface area contributed by atoms with Gasteiger partial charge in [-0.05, 0) is 20.0 Å². The van der Waals surface area contributed by atoms with Crippen molar-refractivity contribution in [3.63, 3.8) is 0 Å². The Hall–Kier alpha value is -0.650. The molecule has 0 radical (unpaired) electrons. The molecule has 18 heavy (non-hydrogen) atoms. The summed E-state index contributed by atoms with van der Waals surface area (Å²) in [6, 6.07) is 0. The molecule has 0 heterocycles. The molecule has 106 valence electrons. The van der Waals surface area contributed by atoms with Crippen molar-refractivity contribution < 1.29 is 14.6 Å². The number of carboxylic acids is 1. The number of ether oxygens (including phenoxy) is 1. The number of nitrogens with zero attached hydrogens (tertiary/aromatic N) is 1. The van der Waals surface area contributed by atoms with Crippen LogP contribution in [0.1, 0.15) is 33.6 Å². The van der Waals surface area contributed by atoms with Gasteiger partial charge in [-0.1, -0.05) is 13.8 Å². The van der Waals surface area contributed by atoms with E-state index in [1.54, 1.807) is 0 Å². The van der Waals surface area contributed by atoms with E-state index in [0.29, 0.717) is 26.0 Å². The van der Waals surface area contributed by atoms with Gasteiger partial charge >= 0.3 is 5.97 Å². The molecule has 2 N–H and O–H groups in total. The monoisotopic (exact) mass is 258 g/mol. The molecule has 0 atom stereocenters. The lowest BCUT2D eigenvalue weighted by Gasteiger charge is -2.44. The van der Waals surface area contributed by atoms with Crippen LogP contribution in [0.15, 0.2) is 0 Å². The Kier molecular flexibility index (Phi) is 6.05. The Labute approximate surface area is 109 Å². The van der Waals surface area contributed by atoms with Crippen LogP contribution >= 0.6 is 0 Å². The highest BCUT2D eigenvalue weighted by Crippen LogP contribution is 2.34. The summed E-state index contributed by atoms with van der Waals surface area (Å²) in [4.78, 5) is 13.6. The summed E-state index contributed by atoms with van der Waals surface area (Å²) in [7, 11) is 0. The van der Waals surface area contributed by atoms with Gasteiger partial charge in [0.05, 0.1) is 6.10 Å². The molecule has 0 bridgehead atoms. The van der Waals surface area contributed by atoms with Gasteiger partial charge in [-0.25, -0.2) is 0 Å². The molecule has 0 amide bonds. The fraction of sp³-hybridized carbons (Fsp3) is 0.923. The highest BCUT2D eigenvalue weighted by Gasteiger charge is 2.50. The Morgan fingerprint density at radius 1 is 1.39 bits per heavy atom. The van der Waals surface area contributed by atoms with Crippen molar-refractivity contribution in [2.75, 3.05) is 32.8 Å². The fourth-order valence-electron chi connectivity index (χ4n) is 2.46. The van der Waals surface area contributed by atoms with Crippen molar-refractivity contribution in [1.82, 2.24) is 10.2 Å². The zero-order valence-electron chi connectivity index (χ0n) is 11.7. The summed E-state index contributed by atoms with van der Waals surface area (Å²) >= 11 is 0. The van der Waals surface area contributed by atoms with Crippen molar-refractivity contribution in [3.05, 3.63) is 0 Å². The van der Waals surface area contributed by atoms with E-state index in [0.717, 1.165) is 19.6 Å². The van der Waals surface area contributed by atoms with Gasteiger partial charge in [-0.15, -0.1) is 0 Å². The molecular formula is C13H26N2O3. The summed E-state index contributed by atoms with van der Waals surface area (Å²) < 4.78 is 5.44. The number of hydrogen-bond acceptors (Lipinski definition) is 4. The van der Waals surface area contributed by atoms with Crippen LogP contribution in [-0.2, 0) is 9.53 Å². The molecule has 0 saturated heterocycles. The molecule has 1 saturated carbocycles. The van der Waals surface area contributed by atoms with Gasteiger partial charge in [0.1, 0.15) is 5.54 Å². The van der Waals surface area contributed by atoms with Gasteiger partial charge in [-0.2, -0.15) is 0 Å². The average molecular weight is 258 g/mol. The summed E-state index contributed by atoms with van der Waals surface area (Å²) in [6.07, 6.45) is 1.26. The molecule has 1 aliphatic rings. The maximum atomic E-state index is 11.3. The smallest absolute Gasteiger partial charge is 0.324 e. The first-order chi connectivity index (χ1) is 8.57. The molecule has 5 heteroatoms. The first-order valence-electron chi connectivity index (χ1n) is 6.90. The molecule has 0 aromatic carbocycles. The maximum absolute atomic E-state index is 11.3. The molecule has 1 aliphatic carbocycles. The minimum Gasteiger partial charge on any atom is -0.480 e. The van der Waals surface area contributed by atoms with Crippen LogP contribution in [-0.4, -0.2) is 60.4 Å². The molecular weight excluding hydrogens is 232 g/mol. The highest BCUT2D eigenvalue weighted by atomic mass is 16.5. The second kappa shape index (κ2) is 7.07. The van der Waals surface area contributed by atoms with Crippen molar-refractivity contribution in [1.29, 1.82) is 0 Å². The lowest BCUT2D eigenvalue weighted by Crippen LogP contribution is -2.64. The van der Waals surface area contributed by atoms with Crippen molar-refractivity contribution in [2.45, 2.75) is 45.3 Å². The number of aliphatic carboxylic acids is 1. The van der Waals surface area contributed by atoms with E-state index >= 15 is 0 Å². The predicted molar refractivity (Wildman–Crippen MR) is 70.8 cm³/mol. The molecule has 0 aromatic heterocycles. The van der Waals surface area contributed by atoms with E-state index in [1.807, 2.05) is 6.92 Å². The van der Waals surface area contributed by atoms with Crippen molar-refractivity contribution in [3.8, 4) is 0 Å².